The largest absolute Gasteiger partial charge is 0.370 e. The number of carbonyl (C=O) groups excluding carboxylic acids is 1. The number of hydrogen-bond acceptors (Lipinski definition) is 6. The number of benzene rings is 1. The second kappa shape index (κ2) is 9.72. The van der Waals surface area contributed by atoms with Crippen molar-refractivity contribution in [2.45, 2.75) is 6.42 Å². The van der Waals surface area contributed by atoms with Crippen LogP contribution in [0.5, 0.6) is 0 Å². The zero-order valence-corrected chi connectivity index (χ0v) is 18.5. The van der Waals surface area contributed by atoms with Gasteiger partial charge in [0.15, 0.2) is 5.65 Å². The average molecular weight is 435 g/mol. The summed E-state index contributed by atoms with van der Waals surface area (Å²) in [5, 5.41) is 13.0. The SMILES string of the molecule is CN(C)CCNC(=O)c1ccc(-c2cnn3c(NCCc4cccs4)ccnc23)cc1. The molecule has 0 aliphatic rings. The molecule has 1 amide bonds. The molecule has 7 nitrogen and oxygen atoms in total. The first kappa shape index (κ1) is 21.0. The van der Waals surface area contributed by atoms with Crippen molar-refractivity contribution in [2.75, 3.05) is 39.0 Å². The van der Waals surface area contributed by atoms with Crippen LogP contribution in [0.25, 0.3) is 16.8 Å². The monoisotopic (exact) mass is 434 g/mol. The normalized spacial score (nSPS) is 11.2. The summed E-state index contributed by atoms with van der Waals surface area (Å²) in [6.45, 7) is 2.25. The van der Waals surface area contributed by atoms with Crippen molar-refractivity contribution in [1.82, 2.24) is 24.8 Å². The molecular weight excluding hydrogens is 408 g/mol. The molecular formula is C23H26N6OS. The number of aromatic nitrogens is 3. The van der Waals surface area contributed by atoms with E-state index in [1.165, 1.54) is 4.88 Å². The molecule has 0 radical (unpaired) electrons. The van der Waals surface area contributed by atoms with Crippen molar-refractivity contribution in [3.63, 3.8) is 0 Å². The van der Waals surface area contributed by atoms with E-state index in [9.17, 15) is 4.79 Å². The number of carbonyl (C=O) groups is 1. The van der Waals surface area contributed by atoms with Crippen molar-refractivity contribution >= 4 is 28.7 Å². The average Bonchev–Trinajstić information content (AvgIpc) is 3.44. The number of nitrogens with zero attached hydrogens (tertiary/aromatic N) is 4. The third kappa shape index (κ3) is 5.10. The lowest BCUT2D eigenvalue weighted by molar-refractivity contribution is 0.0951. The van der Waals surface area contributed by atoms with E-state index >= 15 is 0 Å². The Labute approximate surface area is 185 Å². The van der Waals surface area contributed by atoms with Gasteiger partial charge in [0.25, 0.3) is 5.91 Å². The first-order chi connectivity index (χ1) is 15.1. The molecule has 3 aromatic heterocycles. The predicted molar refractivity (Wildman–Crippen MR) is 126 cm³/mol. The summed E-state index contributed by atoms with van der Waals surface area (Å²) in [6, 6.07) is 13.7. The standard InChI is InChI=1S/C23H26N6OS/c1-28(2)14-13-26-23(30)18-7-5-17(6-8-18)20-16-27-29-21(10-12-25-22(20)29)24-11-9-19-4-3-15-31-19/h3-8,10,12,15-16,24H,9,11,13-14H2,1-2H3,(H,26,30). The molecule has 4 rings (SSSR count). The van der Waals surface area contributed by atoms with Gasteiger partial charge in [-0.25, -0.2) is 4.98 Å². The van der Waals surface area contributed by atoms with E-state index in [1.54, 1.807) is 17.5 Å². The van der Waals surface area contributed by atoms with Gasteiger partial charge < -0.3 is 15.5 Å². The van der Waals surface area contributed by atoms with E-state index in [2.05, 4.69) is 38.2 Å². The van der Waals surface area contributed by atoms with Gasteiger partial charge in [-0.15, -0.1) is 11.3 Å². The molecule has 2 N–H and O–H groups in total. The molecule has 0 bridgehead atoms. The van der Waals surface area contributed by atoms with E-state index in [-0.39, 0.29) is 5.91 Å². The van der Waals surface area contributed by atoms with Crippen LogP contribution >= 0.6 is 11.3 Å². The number of anilines is 1. The fraction of sp³-hybridized carbons (Fsp3) is 0.261. The fourth-order valence-electron chi connectivity index (χ4n) is 3.29. The highest BCUT2D eigenvalue weighted by molar-refractivity contribution is 7.09. The topological polar surface area (TPSA) is 74.6 Å². The van der Waals surface area contributed by atoms with Crippen molar-refractivity contribution in [3.8, 4) is 11.1 Å². The zero-order chi connectivity index (χ0) is 21.6. The molecule has 0 fully saturated rings. The first-order valence-electron chi connectivity index (χ1n) is 10.2. The predicted octanol–water partition coefficient (Wildman–Crippen LogP) is 3.40. The Bertz CT molecular complexity index is 1130. The van der Waals surface area contributed by atoms with Crippen LogP contribution in [0, 0.1) is 0 Å². The van der Waals surface area contributed by atoms with Crippen LogP contribution in [0.4, 0.5) is 5.82 Å². The van der Waals surface area contributed by atoms with Crippen molar-refractivity contribution in [3.05, 3.63) is 70.7 Å². The lowest BCUT2D eigenvalue weighted by Gasteiger charge is -2.10. The molecule has 160 valence electrons. The minimum absolute atomic E-state index is 0.0661. The maximum Gasteiger partial charge on any atom is 0.251 e. The van der Waals surface area contributed by atoms with Crippen molar-refractivity contribution in [2.24, 2.45) is 0 Å². The van der Waals surface area contributed by atoms with Crippen LogP contribution in [0.1, 0.15) is 15.2 Å². The summed E-state index contributed by atoms with van der Waals surface area (Å²) in [6.07, 6.45) is 4.58. The number of thiophene rings is 1. The fourth-order valence-corrected chi connectivity index (χ4v) is 4.00. The molecule has 1 aromatic carbocycles. The number of likely N-dealkylation sites (N-methyl/N-ethyl adjacent to an activating group) is 1. The van der Waals surface area contributed by atoms with Gasteiger partial charge in [0.2, 0.25) is 0 Å². The Morgan fingerprint density at radius 2 is 1.97 bits per heavy atom. The Morgan fingerprint density at radius 1 is 1.13 bits per heavy atom. The van der Waals surface area contributed by atoms with Crippen molar-refractivity contribution < 1.29 is 4.79 Å². The van der Waals surface area contributed by atoms with Crippen LogP contribution in [0.2, 0.25) is 0 Å². The van der Waals surface area contributed by atoms with Gasteiger partial charge >= 0.3 is 0 Å². The summed E-state index contributed by atoms with van der Waals surface area (Å²) >= 11 is 1.77. The molecule has 31 heavy (non-hydrogen) atoms. The number of amides is 1. The summed E-state index contributed by atoms with van der Waals surface area (Å²) in [7, 11) is 3.96. The lowest BCUT2D eigenvalue weighted by Crippen LogP contribution is -2.31. The highest BCUT2D eigenvalue weighted by atomic mass is 32.1. The quantitative estimate of drug-likeness (QED) is 0.422. The third-order valence-corrected chi connectivity index (χ3v) is 5.90. The lowest BCUT2D eigenvalue weighted by atomic mass is 10.1. The molecule has 0 aliphatic carbocycles. The molecule has 4 aromatic rings. The van der Waals surface area contributed by atoms with Gasteiger partial charge in [0.05, 0.1) is 6.20 Å². The maximum absolute atomic E-state index is 12.3. The second-order valence-corrected chi connectivity index (χ2v) is 8.55. The Kier molecular flexibility index (Phi) is 6.59. The zero-order valence-electron chi connectivity index (χ0n) is 17.7. The molecule has 0 saturated carbocycles. The van der Waals surface area contributed by atoms with Crippen molar-refractivity contribution in [1.29, 1.82) is 0 Å². The van der Waals surface area contributed by atoms with E-state index in [0.717, 1.165) is 42.1 Å². The minimum atomic E-state index is -0.0661. The molecule has 0 atom stereocenters. The number of fused-ring (bicyclic) bond motifs is 1. The van der Waals surface area contributed by atoms with E-state index in [4.69, 9.17) is 0 Å². The van der Waals surface area contributed by atoms with Crippen LogP contribution in [0.3, 0.4) is 0 Å². The van der Waals surface area contributed by atoms with Gasteiger partial charge in [-0.2, -0.15) is 9.61 Å². The molecule has 3 heterocycles. The van der Waals surface area contributed by atoms with Gasteiger partial charge in [-0.05, 0) is 55.7 Å². The molecule has 0 saturated heterocycles. The Balaban J connectivity index is 1.46. The number of rotatable bonds is 9. The van der Waals surface area contributed by atoms with Gasteiger partial charge in [0.1, 0.15) is 5.82 Å². The minimum Gasteiger partial charge on any atom is -0.370 e. The highest BCUT2D eigenvalue weighted by Crippen LogP contribution is 2.25. The number of hydrogen-bond donors (Lipinski definition) is 2. The smallest absolute Gasteiger partial charge is 0.251 e. The van der Waals surface area contributed by atoms with Crippen LogP contribution < -0.4 is 10.6 Å². The van der Waals surface area contributed by atoms with E-state index in [0.29, 0.717) is 12.1 Å². The maximum atomic E-state index is 12.3. The van der Waals surface area contributed by atoms with Gasteiger partial charge in [0, 0.05) is 41.8 Å². The van der Waals surface area contributed by atoms with Crippen LogP contribution in [0.15, 0.2) is 60.2 Å². The molecule has 0 spiro atoms. The summed E-state index contributed by atoms with van der Waals surface area (Å²) in [5.74, 6) is 0.841. The molecule has 8 heteroatoms. The van der Waals surface area contributed by atoms with E-state index < -0.39 is 0 Å². The summed E-state index contributed by atoms with van der Waals surface area (Å²) < 4.78 is 1.83. The van der Waals surface area contributed by atoms with E-state index in [1.807, 2.05) is 60.0 Å². The Morgan fingerprint density at radius 3 is 2.71 bits per heavy atom. The van der Waals surface area contributed by atoms with Crippen LogP contribution in [-0.4, -0.2) is 59.1 Å². The second-order valence-electron chi connectivity index (χ2n) is 7.52. The molecule has 0 unspecified atom stereocenters. The number of nitrogens with one attached hydrogen (secondary N) is 2. The Hall–Kier alpha value is -3.23. The first-order valence-corrected chi connectivity index (χ1v) is 11.1. The van der Waals surface area contributed by atoms with Gasteiger partial charge in [-0.3, -0.25) is 4.79 Å². The summed E-state index contributed by atoms with van der Waals surface area (Å²) in [4.78, 5) is 20.2. The van der Waals surface area contributed by atoms with Gasteiger partial charge in [-0.1, -0.05) is 18.2 Å². The molecule has 0 aliphatic heterocycles. The third-order valence-electron chi connectivity index (χ3n) is 4.96. The summed E-state index contributed by atoms with van der Waals surface area (Å²) in [5.41, 5.74) is 3.33. The highest BCUT2D eigenvalue weighted by Gasteiger charge is 2.12. The van der Waals surface area contributed by atoms with Crippen LogP contribution in [-0.2, 0) is 6.42 Å².